The van der Waals surface area contributed by atoms with Crippen LogP contribution in [0.4, 0.5) is 0 Å². The molecule has 1 heterocycles. The third kappa shape index (κ3) is 1.67. The van der Waals surface area contributed by atoms with Gasteiger partial charge in [-0.05, 0) is 25.0 Å². The molecule has 1 aliphatic heterocycles. The van der Waals surface area contributed by atoms with E-state index < -0.39 is 0 Å². The number of esters is 1. The van der Waals surface area contributed by atoms with Crippen molar-refractivity contribution in [3.05, 3.63) is 0 Å². The van der Waals surface area contributed by atoms with Crippen LogP contribution in [0.5, 0.6) is 0 Å². The molecule has 2 rings (SSSR count). The Morgan fingerprint density at radius 3 is 2.71 bits per heavy atom. The van der Waals surface area contributed by atoms with Gasteiger partial charge >= 0.3 is 5.97 Å². The molecule has 0 bridgehead atoms. The van der Waals surface area contributed by atoms with E-state index in [0.717, 1.165) is 12.2 Å². The van der Waals surface area contributed by atoms with E-state index >= 15 is 0 Å². The first-order chi connectivity index (χ1) is 6.78. The maximum absolute atomic E-state index is 11.7. The highest BCUT2D eigenvalue weighted by Crippen LogP contribution is 2.52. The van der Waals surface area contributed by atoms with Crippen molar-refractivity contribution in [1.29, 1.82) is 0 Å². The largest absolute Gasteiger partial charge is 0.469 e. The molecule has 0 aromatic carbocycles. The van der Waals surface area contributed by atoms with Gasteiger partial charge in [0.05, 0.1) is 13.0 Å². The van der Waals surface area contributed by atoms with Crippen LogP contribution in [0.25, 0.3) is 0 Å². The van der Waals surface area contributed by atoms with Crippen molar-refractivity contribution in [2.45, 2.75) is 43.3 Å². The van der Waals surface area contributed by atoms with Gasteiger partial charge in [-0.25, -0.2) is 0 Å². The molecule has 1 saturated heterocycles. The average Bonchev–Trinajstić information content (AvgIpc) is 2.62. The number of hydrogen-bond acceptors (Lipinski definition) is 3. The zero-order valence-electron chi connectivity index (χ0n) is 8.75. The summed E-state index contributed by atoms with van der Waals surface area (Å²) in [6.45, 7) is 0. The zero-order valence-corrected chi connectivity index (χ0v) is 9.57. The van der Waals surface area contributed by atoms with Crippen molar-refractivity contribution >= 4 is 17.7 Å². The van der Waals surface area contributed by atoms with Crippen molar-refractivity contribution in [3.63, 3.8) is 0 Å². The maximum Gasteiger partial charge on any atom is 0.310 e. The molecule has 0 radical (unpaired) electrons. The fourth-order valence-corrected chi connectivity index (χ4v) is 4.61. The van der Waals surface area contributed by atoms with Crippen molar-refractivity contribution < 1.29 is 9.53 Å². The molecule has 1 spiro atoms. The molecule has 14 heavy (non-hydrogen) atoms. The molecular formula is C11H18O2S. The Balaban J connectivity index is 2.11. The van der Waals surface area contributed by atoms with Crippen LogP contribution in [-0.2, 0) is 9.53 Å². The SMILES string of the molecule is COC(=O)C1CCSC12CCCCC2. The first kappa shape index (κ1) is 10.3. The predicted molar refractivity (Wildman–Crippen MR) is 58.4 cm³/mol. The highest BCUT2D eigenvalue weighted by atomic mass is 32.2. The van der Waals surface area contributed by atoms with E-state index in [-0.39, 0.29) is 16.6 Å². The van der Waals surface area contributed by atoms with Crippen LogP contribution in [0, 0.1) is 5.92 Å². The second kappa shape index (κ2) is 4.13. The van der Waals surface area contributed by atoms with Crippen molar-refractivity contribution in [3.8, 4) is 0 Å². The normalized spacial score (nSPS) is 30.5. The van der Waals surface area contributed by atoms with E-state index in [1.807, 2.05) is 11.8 Å². The van der Waals surface area contributed by atoms with E-state index in [2.05, 4.69) is 0 Å². The number of carbonyl (C=O) groups excluding carboxylic acids is 1. The molecule has 0 aromatic heterocycles. The molecule has 0 N–H and O–H groups in total. The number of hydrogen-bond donors (Lipinski definition) is 0. The summed E-state index contributed by atoms with van der Waals surface area (Å²) in [4.78, 5) is 11.7. The maximum atomic E-state index is 11.7. The van der Waals surface area contributed by atoms with Gasteiger partial charge in [0.15, 0.2) is 0 Å². The van der Waals surface area contributed by atoms with Crippen LogP contribution in [0.15, 0.2) is 0 Å². The van der Waals surface area contributed by atoms with Crippen LogP contribution in [0.2, 0.25) is 0 Å². The highest BCUT2D eigenvalue weighted by molar-refractivity contribution is 8.01. The zero-order chi connectivity index (χ0) is 10.0. The molecule has 2 fully saturated rings. The van der Waals surface area contributed by atoms with E-state index in [4.69, 9.17) is 4.74 Å². The van der Waals surface area contributed by atoms with Crippen LogP contribution in [0.3, 0.4) is 0 Å². The lowest BCUT2D eigenvalue weighted by atomic mass is 9.78. The third-order valence-corrected chi connectivity index (χ3v) is 5.32. The molecule has 0 aromatic rings. The van der Waals surface area contributed by atoms with Crippen LogP contribution in [-0.4, -0.2) is 23.6 Å². The fourth-order valence-electron chi connectivity index (χ4n) is 2.86. The fraction of sp³-hybridized carbons (Fsp3) is 0.909. The van der Waals surface area contributed by atoms with Crippen LogP contribution in [0.1, 0.15) is 38.5 Å². The number of ether oxygens (including phenoxy) is 1. The van der Waals surface area contributed by atoms with Gasteiger partial charge in [-0.15, -0.1) is 0 Å². The summed E-state index contributed by atoms with van der Waals surface area (Å²) in [5, 5.41) is 0. The highest BCUT2D eigenvalue weighted by Gasteiger charge is 2.48. The van der Waals surface area contributed by atoms with E-state index in [9.17, 15) is 4.79 Å². The molecule has 2 nitrogen and oxygen atoms in total. The van der Waals surface area contributed by atoms with E-state index in [1.165, 1.54) is 39.2 Å². The van der Waals surface area contributed by atoms with Crippen LogP contribution < -0.4 is 0 Å². The Morgan fingerprint density at radius 2 is 2.07 bits per heavy atom. The van der Waals surface area contributed by atoms with Gasteiger partial charge in [-0.3, -0.25) is 4.79 Å². The van der Waals surface area contributed by atoms with Gasteiger partial charge < -0.3 is 4.74 Å². The Bertz CT molecular complexity index is 221. The minimum atomic E-state index is 0.0249. The second-order valence-electron chi connectivity index (χ2n) is 4.34. The number of methoxy groups -OCH3 is 1. The average molecular weight is 214 g/mol. The number of carbonyl (C=O) groups is 1. The van der Waals surface area contributed by atoms with Gasteiger partial charge in [-0.1, -0.05) is 19.3 Å². The number of rotatable bonds is 1. The third-order valence-electron chi connectivity index (χ3n) is 3.62. The predicted octanol–water partition coefficient (Wildman–Crippen LogP) is 2.62. The molecule has 80 valence electrons. The molecule has 1 unspecified atom stereocenters. The van der Waals surface area contributed by atoms with Gasteiger partial charge in [0.25, 0.3) is 0 Å². The summed E-state index contributed by atoms with van der Waals surface area (Å²) in [5.41, 5.74) is 0. The summed E-state index contributed by atoms with van der Waals surface area (Å²) in [7, 11) is 1.52. The molecule has 1 atom stereocenters. The monoisotopic (exact) mass is 214 g/mol. The van der Waals surface area contributed by atoms with E-state index in [0.29, 0.717) is 0 Å². The summed E-state index contributed by atoms with van der Waals surface area (Å²) in [6, 6.07) is 0. The van der Waals surface area contributed by atoms with Gasteiger partial charge in [-0.2, -0.15) is 11.8 Å². The summed E-state index contributed by atoms with van der Waals surface area (Å²) >= 11 is 2.02. The molecular weight excluding hydrogens is 196 g/mol. The quantitative estimate of drug-likeness (QED) is 0.628. The van der Waals surface area contributed by atoms with Gasteiger partial charge in [0.1, 0.15) is 0 Å². The molecule has 0 amide bonds. The molecule has 2 aliphatic rings. The first-order valence-corrected chi connectivity index (χ1v) is 6.49. The summed E-state index contributed by atoms with van der Waals surface area (Å²) in [5.74, 6) is 1.34. The molecule has 1 saturated carbocycles. The minimum Gasteiger partial charge on any atom is -0.469 e. The lowest BCUT2D eigenvalue weighted by Crippen LogP contribution is -2.38. The topological polar surface area (TPSA) is 26.3 Å². The van der Waals surface area contributed by atoms with Crippen molar-refractivity contribution in [2.24, 2.45) is 5.92 Å². The second-order valence-corrected chi connectivity index (χ2v) is 5.85. The van der Waals surface area contributed by atoms with Crippen molar-refractivity contribution in [1.82, 2.24) is 0 Å². The Hall–Kier alpha value is -0.180. The number of thioether (sulfide) groups is 1. The smallest absolute Gasteiger partial charge is 0.310 e. The Kier molecular flexibility index (Phi) is 3.05. The van der Waals surface area contributed by atoms with Gasteiger partial charge in [0, 0.05) is 4.75 Å². The Labute approximate surface area is 89.8 Å². The lowest BCUT2D eigenvalue weighted by molar-refractivity contribution is -0.146. The summed E-state index contributed by atoms with van der Waals surface area (Å²) < 4.78 is 5.16. The standard InChI is InChI=1S/C11H18O2S/c1-13-10(12)9-5-8-14-11(9)6-3-2-4-7-11/h9H,2-8H2,1H3. The minimum absolute atomic E-state index is 0.0249. The molecule has 3 heteroatoms. The summed E-state index contributed by atoms with van der Waals surface area (Å²) in [6.07, 6.45) is 7.39. The van der Waals surface area contributed by atoms with Gasteiger partial charge in [0.2, 0.25) is 0 Å². The van der Waals surface area contributed by atoms with E-state index in [1.54, 1.807) is 0 Å². The Morgan fingerprint density at radius 1 is 1.36 bits per heavy atom. The first-order valence-electron chi connectivity index (χ1n) is 5.50. The molecule has 1 aliphatic carbocycles. The lowest BCUT2D eigenvalue weighted by Gasteiger charge is -2.36. The van der Waals surface area contributed by atoms with Crippen LogP contribution >= 0.6 is 11.8 Å². The van der Waals surface area contributed by atoms with Crippen molar-refractivity contribution in [2.75, 3.05) is 12.9 Å².